The lowest BCUT2D eigenvalue weighted by molar-refractivity contribution is -0.0772. The number of aliphatic hydroxyl groups is 1. The third kappa shape index (κ3) is 3.74. The molecule has 3 unspecified atom stereocenters. The number of fused-ring (bicyclic) bond motifs is 1. The summed E-state index contributed by atoms with van der Waals surface area (Å²) >= 11 is 0. The van der Waals surface area contributed by atoms with Crippen LogP contribution in [0.4, 0.5) is 0 Å². The number of hydrogen-bond donors (Lipinski definition) is 1. The molecule has 3 atom stereocenters. The van der Waals surface area contributed by atoms with E-state index in [9.17, 15) is 5.11 Å². The fourth-order valence-electron chi connectivity index (χ4n) is 3.48. The number of aromatic nitrogens is 2. The molecule has 3 rings (SSSR count). The summed E-state index contributed by atoms with van der Waals surface area (Å²) in [5, 5.41) is 10.5. The van der Waals surface area contributed by atoms with Crippen LogP contribution in [0.2, 0.25) is 0 Å². The minimum absolute atomic E-state index is 0.227. The van der Waals surface area contributed by atoms with Gasteiger partial charge >= 0.3 is 0 Å². The first-order valence-corrected chi connectivity index (χ1v) is 8.40. The van der Waals surface area contributed by atoms with Crippen LogP contribution in [0.1, 0.15) is 25.0 Å². The van der Waals surface area contributed by atoms with Crippen LogP contribution < -0.4 is 0 Å². The zero-order valence-corrected chi connectivity index (χ0v) is 14.5. The average molecular weight is 317 g/mol. The van der Waals surface area contributed by atoms with Crippen LogP contribution >= 0.6 is 0 Å². The van der Waals surface area contributed by atoms with Gasteiger partial charge in [0.15, 0.2) is 0 Å². The summed E-state index contributed by atoms with van der Waals surface area (Å²) in [6.45, 7) is 11.4. The van der Waals surface area contributed by atoms with Gasteiger partial charge in [-0.25, -0.2) is 4.98 Å². The van der Waals surface area contributed by atoms with E-state index in [2.05, 4.69) is 54.3 Å². The van der Waals surface area contributed by atoms with Crippen LogP contribution in [0.5, 0.6) is 0 Å². The van der Waals surface area contributed by atoms with Gasteiger partial charge in [-0.1, -0.05) is 0 Å². The molecule has 0 amide bonds. The SMILES string of the molecule is Cc1cc2ncn(CC(O)CN3CC(C)OC(C)C3)c2cc1C. The number of hydrogen-bond acceptors (Lipinski definition) is 4. The van der Waals surface area contributed by atoms with Crippen molar-refractivity contribution in [2.24, 2.45) is 0 Å². The molecule has 1 aliphatic heterocycles. The maximum absolute atomic E-state index is 10.5. The normalized spacial score (nSPS) is 24.2. The predicted octanol–water partition coefficient (Wildman–Crippen LogP) is 2.12. The molecule has 2 aromatic rings. The van der Waals surface area contributed by atoms with Crippen LogP contribution in [-0.4, -0.2) is 57.5 Å². The van der Waals surface area contributed by atoms with Gasteiger partial charge in [-0.05, 0) is 51.0 Å². The molecule has 0 aliphatic carbocycles. The minimum Gasteiger partial charge on any atom is -0.390 e. The zero-order chi connectivity index (χ0) is 16.6. The van der Waals surface area contributed by atoms with Crippen molar-refractivity contribution < 1.29 is 9.84 Å². The standard InChI is InChI=1S/C18H27N3O2/c1-12-5-17-18(6-13(12)2)21(11-19-17)10-16(22)9-20-7-14(3)23-15(4)8-20/h5-6,11,14-16,22H,7-10H2,1-4H3. The monoisotopic (exact) mass is 317 g/mol. The fourth-order valence-corrected chi connectivity index (χ4v) is 3.48. The third-order valence-electron chi connectivity index (χ3n) is 4.61. The number of morpholine rings is 1. The van der Waals surface area contributed by atoms with Gasteiger partial charge in [0.1, 0.15) is 0 Å². The smallest absolute Gasteiger partial charge is 0.0959 e. The summed E-state index contributed by atoms with van der Waals surface area (Å²) in [6, 6.07) is 4.27. The first-order valence-electron chi connectivity index (χ1n) is 8.40. The van der Waals surface area contributed by atoms with Crippen molar-refractivity contribution >= 4 is 11.0 Å². The van der Waals surface area contributed by atoms with Gasteiger partial charge in [0.05, 0.1) is 42.2 Å². The van der Waals surface area contributed by atoms with Crippen molar-refractivity contribution in [1.82, 2.24) is 14.5 Å². The Balaban J connectivity index is 1.68. The van der Waals surface area contributed by atoms with E-state index in [4.69, 9.17) is 4.74 Å². The Morgan fingerprint density at radius 1 is 1.17 bits per heavy atom. The van der Waals surface area contributed by atoms with E-state index in [-0.39, 0.29) is 12.2 Å². The van der Waals surface area contributed by atoms with Gasteiger partial charge < -0.3 is 14.4 Å². The largest absolute Gasteiger partial charge is 0.390 e. The van der Waals surface area contributed by atoms with E-state index in [0.29, 0.717) is 13.1 Å². The van der Waals surface area contributed by atoms with Gasteiger partial charge in [0.2, 0.25) is 0 Å². The van der Waals surface area contributed by atoms with Crippen LogP contribution in [-0.2, 0) is 11.3 Å². The number of β-amino-alcohol motifs (C(OH)–C–C–N with tert-alkyl or cyclic N) is 1. The first-order chi connectivity index (χ1) is 10.9. The summed E-state index contributed by atoms with van der Waals surface area (Å²) < 4.78 is 7.80. The van der Waals surface area contributed by atoms with E-state index in [1.165, 1.54) is 11.1 Å². The molecule has 0 radical (unpaired) electrons. The van der Waals surface area contributed by atoms with Crippen LogP contribution in [0.3, 0.4) is 0 Å². The topological polar surface area (TPSA) is 50.5 Å². The van der Waals surface area contributed by atoms with Crippen molar-refractivity contribution in [3.63, 3.8) is 0 Å². The lowest BCUT2D eigenvalue weighted by Crippen LogP contribution is -2.48. The molecular weight excluding hydrogens is 290 g/mol. The maximum Gasteiger partial charge on any atom is 0.0959 e. The average Bonchev–Trinajstić information content (AvgIpc) is 2.80. The summed E-state index contributed by atoms with van der Waals surface area (Å²) in [5.41, 5.74) is 4.59. The van der Waals surface area contributed by atoms with Crippen molar-refractivity contribution in [2.75, 3.05) is 19.6 Å². The highest BCUT2D eigenvalue weighted by atomic mass is 16.5. The van der Waals surface area contributed by atoms with Crippen molar-refractivity contribution in [1.29, 1.82) is 0 Å². The van der Waals surface area contributed by atoms with Crippen LogP contribution in [0.15, 0.2) is 18.5 Å². The second-order valence-corrected chi connectivity index (χ2v) is 6.95. The van der Waals surface area contributed by atoms with Gasteiger partial charge in [0, 0.05) is 19.6 Å². The molecule has 2 heterocycles. The van der Waals surface area contributed by atoms with E-state index >= 15 is 0 Å². The minimum atomic E-state index is -0.411. The Labute approximate surface area is 137 Å². The van der Waals surface area contributed by atoms with Gasteiger partial charge in [0.25, 0.3) is 0 Å². The maximum atomic E-state index is 10.5. The summed E-state index contributed by atoms with van der Waals surface area (Å²) in [5.74, 6) is 0. The number of rotatable bonds is 4. The molecule has 1 aliphatic rings. The number of aryl methyl sites for hydroxylation is 2. The molecule has 0 spiro atoms. The molecule has 23 heavy (non-hydrogen) atoms. The van der Waals surface area contributed by atoms with E-state index in [1.807, 2.05) is 6.33 Å². The lowest BCUT2D eigenvalue weighted by atomic mass is 10.1. The second kappa shape index (κ2) is 6.59. The molecular formula is C18H27N3O2. The van der Waals surface area contributed by atoms with Crippen LogP contribution in [0.25, 0.3) is 11.0 Å². The summed E-state index contributed by atoms with van der Waals surface area (Å²) in [4.78, 5) is 6.75. The number of nitrogens with zero attached hydrogens (tertiary/aromatic N) is 3. The molecule has 1 N–H and O–H groups in total. The Kier molecular flexibility index (Phi) is 4.71. The Hall–Kier alpha value is -1.43. The van der Waals surface area contributed by atoms with E-state index in [1.54, 1.807) is 0 Å². The van der Waals surface area contributed by atoms with E-state index < -0.39 is 6.10 Å². The first kappa shape index (κ1) is 16.4. The Bertz CT molecular complexity index is 672. The van der Waals surface area contributed by atoms with Gasteiger partial charge in [-0.15, -0.1) is 0 Å². The molecule has 5 nitrogen and oxygen atoms in total. The fraction of sp³-hybridized carbons (Fsp3) is 0.611. The molecule has 1 fully saturated rings. The van der Waals surface area contributed by atoms with Crippen LogP contribution in [0, 0.1) is 13.8 Å². The van der Waals surface area contributed by atoms with Crippen molar-refractivity contribution in [2.45, 2.75) is 52.6 Å². The molecule has 1 saturated heterocycles. The molecule has 5 heteroatoms. The summed E-state index contributed by atoms with van der Waals surface area (Å²) in [6.07, 6.45) is 1.87. The zero-order valence-electron chi connectivity index (χ0n) is 14.5. The Morgan fingerprint density at radius 2 is 1.83 bits per heavy atom. The van der Waals surface area contributed by atoms with Gasteiger partial charge in [-0.3, -0.25) is 4.90 Å². The predicted molar refractivity (Wildman–Crippen MR) is 91.7 cm³/mol. The second-order valence-electron chi connectivity index (χ2n) is 6.95. The highest BCUT2D eigenvalue weighted by Crippen LogP contribution is 2.19. The number of benzene rings is 1. The highest BCUT2D eigenvalue weighted by Gasteiger charge is 2.24. The lowest BCUT2D eigenvalue weighted by Gasteiger charge is -2.36. The molecule has 126 valence electrons. The molecule has 1 aromatic heterocycles. The molecule has 0 bridgehead atoms. The van der Waals surface area contributed by atoms with Crippen molar-refractivity contribution in [3.05, 3.63) is 29.6 Å². The third-order valence-corrected chi connectivity index (χ3v) is 4.61. The highest BCUT2D eigenvalue weighted by molar-refractivity contribution is 5.77. The Morgan fingerprint density at radius 3 is 2.52 bits per heavy atom. The van der Waals surface area contributed by atoms with Gasteiger partial charge in [-0.2, -0.15) is 0 Å². The number of imidazole rings is 1. The quantitative estimate of drug-likeness (QED) is 0.938. The summed E-state index contributed by atoms with van der Waals surface area (Å²) in [7, 11) is 0. The molecule has 1 aromatic carbocycles. The number of aliphatic hydroxyl groups excluding tert-OH is 1. The number of ether oxygens (including phenoxy) is 1. The van der Waals surface area contributed by atoms with Crippen molar-refractivity contribution in [3.8, 4) is 0 Å². The van der Waals surface area contributed by atoms with E-state index in [0.717, 1.165) is 24.1 Å². The molecule has 0 saturated carbocycles.